The number of amides is 1. The summed E-state index contributed by atoms with van der Waals surface area (Å²) < 4.78 is 21.8. The van der Waals surface area contributed by atoms with Gasteiger partial charge in [-0.2, -0.15) is 4.98 Å². The summed E-state index contributed by atoms with van der Waals surface area (Å²) in [5, 5.41) is 7.31. The maximum absolute atomic E-state index is 13.5. The molecule has 0 fully saturated rings. The van der Waals surface area contributed by atoms with E-state index in [0.717, 1.165) is 10.9 Å². The predicted molar refractivity (Wildman–Crippen MR) is 124 cm³/mol. The summed E-state index contributed by atoms with van der Waals surface area (Å²) in [6, 6.07) is 11.3. The van der Waals surface area contributed by atoms with E-state index in [1.165, 1.54) is 29.1 Å². The van der Waals surface area contributed by atoms with Crippen molar-refractivity contribution in [2.45, 2.75) is 33.4 Å². The van der Waals surface area contributed by atoms with E-state index in [2.05, 4.69) is 20.4 Å². The van der Waals surface area contributed by atoms with Gasteiger partial charge in [0.2, 0.25) is 11.8 Å². The smallest absolute Gasteiger partial charge is 0.278 e. The second-order valence-corrected chi connectivity index (χ2v) is 8.00. The van der Waals surface area contributed by atoms with E-state index in [4.69, 9.17) is 4.52 Å². The van der Waals surface area contributed by atoms with Gasteiger partial charge < -0.3 is 14.4 Å². The predicted octanol–water partition coefficient (Wildman–Crippen LogP) is 3.43. The van der Waals surface area contributed by atoms with E-state index in [9.17, 15) is 14.0 Å². The van der Waals surface area contributed by atoms with Gasteiger partial charge in [0.1, 0.15) is 29.9 Å². The molecule has 0 unspecified atom stereocenters. The zero-order valence-electron chi connectivity index (χ0n) is 18.6. The second-order valence-electron chi connectivity index (χ2n) is 8.00. The third kappa shape index (κ3) is 3.94. The van der Waals surface area contributed by atoms with Gasteiger partial charge in [-0.3, -0.25) is 14.2 Å². The summed E-state index contributed by atoms with van der Waals surface area (Å²) in [4.78, 5) is 35.1. The van der Waals surface area contributed by atoms with Crippen molar-refractivity contribution in [1.82, 2.24) is 24.3 Å². The number of hydrogen-bond donors (Lipinski definition) is 1. The van der Waals surface area contributed by atoms with Crippen LogP contribution in [0, 0.1) is 12.7 Å². The molecule has 34 heavy (non-hydrogen) atoms. The number of aryl methyl sites for hydroxylation is 2. The van der Waals surface area contributed by atoms with E-state index < -0.39 is 11.7 Å². The number of nitrogens with zero attached hydrogens (tertiary/aromatic N) is 5. The number of carbonyl (C=O) groups excluding carboxylic acids is 1. The number of hydrogen-bond acceptors (Lipinski definition) is 6. The van der Waals surface area contributed by atoms with E-state index in [1.54, 1.807) is 10.6 Å². The van der Waals surface area contributed by atoms with Crippen LogP contribution in [0.3, 0.4) is 0 Å². The van der Waals surface area contributed by atoms with Gasteiger partial charge in [0, 0.05) is 17.5 Å². The van der Waals surface area contributed by atoms with Crippen molar-refractivity contribution in [3.63, 3.8) is 0 Å². The summed E-state index contributed by atoms with van der Waals surface area (Å²) in [6.45, 7) is 3.76. The van der Waals surface area contributed by atoms with E-state index in [0.29, 0.717) is 34.9 Å². The van der Waals surface area contributed by atoms with Crippen LogP contribution in [-0.4, -0.2) is 30.2 Å². The molecule has 0 radical (unpaired) electrons. The summed E-state index contributed by atoms with van der Waals surface area (Å²) in [7, 11) is 0. The van der Waals surface area contributed by atoms with Crippen molar-refractivity contribution in [3.05, 3.63) is 82.2 Å². The first-order chi connectivity index (χ1) is 16.4. The van der Waals surface area contributed by atoms with Crippen molar-refractivity contribution in [2.24, 2.45) is 0 Å². The number of aromatic nitrogens is 5. The van der Waals surface area contributed by atoms with Crippen LogP contribution < -0.4 is 10.9 Å². The Morgan fingerprint density at radius 3 is 2.82 bits per heavy atom. The Balaban J connectivity index is 1.59. The quantitative estimate of drug-likeness (QED) is 0.416. The van der Waals surface area contributed by atoms with E-state index in [1.807, 2.05) is 32.0 Å². The highest BCUT2D eigenvalue weighted by atomic mass is 19.1. The van der Waals surface area contributed by atoms with Crippen LogP contribution in [0.4, 0.5) is 10.1 Å². The average molecular weight is 460 g/mol. The molecule has 0 aliphatic heterocycles. The van der Waals surface area contributed by atoms with Gasteiger partial charge in [-0.15, -0.1) is 0 Å². The Kier molecular flexibility index (Phi) is 5.40. The zero-order valence-corrected chi connectivity index (χ0v) is 18.6. The van der Waals surface area contributed by atoms with Gasteiger partial charge in [-0.25, -0.2) is 9.37 Å². The molecule has 10 heteroatoms. The first-order valence-corrected chi connectivity index (χ1v) is 10.8. The van der Waals surface area contributed by atoms with Crippen molar-refractivity contribution in [2.75, 3.05) is 5.32 Å². The van der Waals surface area contributed by atoms with Gasteiger partial charge in [-0.1, -0.05) is 29.8 Å². The molecule has 5 rings (SSSR count). The van der Waals surface area contributed by atoms with Crippen molar-refractivity contribution in [3.8, 4) is 0 Å². The fraction of sp³-hybridized carbons (Fsp3) is 0.208. The van der Waals surface area contributed by atoms with Crippen LogP contribution in [0.25, 0.3) is 21.9 Å². The number of rotatable bonds is 6. The van der Waals surface area contributed by atoms with E-state index >= 15 is 0 Å². The average Bonchev–Trinajstić information content (AvgIpc) is 3.38. The molecule has 9 nitrogen and oxygen atoms in total. The fourth-order valence-electron chi connectivity index (χ4n) is 3.94. The molecule has 1 N–H and O–H groups in total. The van der Waals surface area contributed by atoms with Crippen molar-refractivity contribution < 1.29 is 13.7 Å². The Labute approximate surface area is 192 Å². The largest absolute Gasteiger partial charge is 0.337 e. The minimum absolute atomic E-state index is 0.0603. The molecule has 3 heterocycles. The Morgan fingerprint density at radius 1 is 1.21 bits per heavy atom. The highest BCUT2D eigenvalue weighted by molar-refractivity contribution is 6.06. The van der Waals surface area contributed by atoms with Crippen LogP contribution >= 0.6 is 0 Å². The first kappa shape index (κ1) is 21.5. The normalized spacial score (nSPS) is 11.4. The molecule has 5 aromatic rings. The van der Waals surface area contributed by atoms with Gasteiger partial charge in [0.05, 0.1) is 11.8 Å². The Hall–Kier alpha value is -4.34. The summed E-state index contributed by atoms with van der Waals surface area (Å²) in [5.41, 5.74) is 2.48. The number of nitrogens with one attached hydrogen (secondary N) is 1. The molecule has 0 saturated carbocycles. The summed E-state index contributed by atoms with van der Waals surface area (Å²) in [6.07, 6.45) is 2.06. The molecule has 1 amide bonds. The highest BCUT2D eigenvalue weighted by Gasteiger charge is 2.19. The SMILES string of the molecule is CCc1noc(Cn2cnc3c4cc(C)ccc4n(CC(=O)Nc4cccc(F)c4)c3c2=O)n1. The molecular formula is C24H21FN6O3. The summed E-state index contributed by atoms with van der Waals surface area (Å²) >= 11 is 0. The second kappa shape index (κ2) is 8.54. The third-order valence-corrected chi connectivity index (χ3v) is 5.52. The standard InChI is InChI=1S/C24H21FN6O3/c1-3-19-28-21(34-29-19)12-30-13-26-22-17-9-14(2)7-8-18(17)31(23(22)24(30)33)11-20(32)27-16-6-4-5-15(25)10-16/h4-10,13H,3,11-12H2,1-2H3,(H,27,32). The minimum Gasteiger partial charge on any atom is -0.337 e. The van der Waals surface area contributed by atoms with Crippen molar-refractivity contribution in [1.29, 1.82) is 0 Å². The topological polar surface area (TPSA) is 108 Å². The Morgan fingerprint density at radius 2 is 2.06 bits per heavy atom. The molecule has 0 spiro atoms. The van der Waals surface area contributed by atoms with Crippen LogP contribution in [-0.2, 0) is 24.3 Å². The number of anilines is 1. The maximum atomic E-state index is 13.5. The zero-order chi connectivity index (χ0) is 23.8. The molecule has 2 aromatic carbocycles. The lowest BCUT2D eigenvalue weighted by Crippen LogP contribution is -2.25. The first-order valence-electron chi connectivity index (χ1n) is 10.8. The number of fused-ring (bicyclic) bond motifs is 3. The van der Waals surface area contributed by atoms with Crippen LogP contribution in [0.5, 0.6) is 0 Å². The molecule has 0 bridgehead atoms. The Bertz CT molecular complexity index is 1600. The van der Waals surface area contributed by atoms with Gasteiger partial charge in [0.25, 0.3) is 5.56 Å². The molecule has 0 aliphatic rings. The minimum atomic E-state index is -0.454. The van der Waals surface area contributed by atoms with Gasteiger partial charge in [-0.05, 0) is 37.3 Å². The molecule has 0 aliphatic carbocycles. The lowest BCUT2D eigenvalue weighted by Gasteiger charge is -2.09. The maximum Gasteiger partial charge on any atom is 0.278 e. The molecule has 3 aromatic heterocycles. The lowest BCUT2D eigenvalue weighted by molar-refractivity contribution is -0.116. The fourth-order valence-corrected chi connectivity index (χ4v) is 3.94. The number of carbonyl (C=O) groups is 1. The van der Waals surface area contributed by atoms with E-state index in [-0.39, 0.29) is 24.2 Å². The number of benzene rings is 2. The molecule has 172 valence electrons. The monoisotopic (exact) mass is 460 g/mol. The van der Waals surface area contributed by atoms with Gasteiger partial charge in [0.15, 0.2) is 5.82 Å². The molecule has 0 atom stereocenters. The van der Waals surface area contributed by atoms with Crippen LogP contribution in [0.1, 0.15) is 24.2 Å². The van der Waals surface area contributed by atoms with Crippen molar-refractivity contribution >= 4 is 33.5 Å². The highest BCUT2D eigenvalue weighted by Crippen LogP contribution is 2.26. The molecular weight excluding hydrogens is 439 g/mol. The number of halogens is 1. The summed E-state index contributed by atoms with van der Waals surface area (Å²) in [5.74, 6) is -0.00750. The van der Waals surface area contributed by atoms with Crippen LogP contribution in [0.2, 0.25) is 0 Å². The van der Waals surface area contributed by atoms with Crippen LogP contribution in [0.15, 0.2) is 58.1 Å². The van der Waals surface area contributed by atoms with Gasteiger partial charge >= 0.3 is 0 Å². The molecule has 0 saturated heterocycles. The third-order valence-electron chi connectivity index (χ3n) is 5.52. The lowest BCUT2D eigenvalue weighted by atomic mass is 10.1.